The van der Waals surface area contributed by atoms with Gasteiger partial charge in [-0.1, -0.05) is 12.1 Å². The van der Waals surface area contributed by atoms with Crippen LogP contribution in [0.3, 0.4) is 0 Å². The average Bonchev–Trinajstić information content (AvgIpc) is 3.09. The molecule has 0 saturated carbocycles. The Morgan fingerprint density at radius 1 is 1.08 bits per heavy atom. The van der Waals surface area contributed by atoms with E-state index in [1.54, 1.807) is 6.07 Å². The third kappa shape index (κ3) is 3.03. The second-order valence-corrected chi connectivity index (χ2v) is 6.68. The molecule has 2 aromatic heterocycles. The first-order valence-electron chi connectivity index (χ1n) is 8.44. The van der Waals surface area contributed by atoms with Crippen molar-refractivity contribution in [2.75, 3.05) is 18.0 Å². The van der Waals surface area contributed by atoms with E-state index in [0.717, 1.165) is 29.0 Å². The topological polar surface area (TPSA) is 52.1 Å². The molecule has 1 aliphatic heterocycles. The first kappa shape index (κ1) is 16.9. The minimum Gasteiger partial charge on any atom is -0.385 e. The smallest absolute Gasteiger partial charge is 0.385 e. The summed E-state index contributed by atoms with van der Waals surface area (Å²) in [5.74, 6) is 0.797. The number of rotatable bonds is 2. The van der Waals surface area contributed by atoms with Crippen molar-refractivity contribution in [3.8, 4) is 0 Å². The number of halogens is 3. The van der Waals surface area contributed by atoms with Crippen LogP contribution in [0.15, 0.2) is 48.7 Å². The predicted molar refractivity (Wildman–Crippen MR) is 92.9 cm³/mol. The van der Waals surface area contributed by atoms with E-state index < -0.39 is 17.3 Å². The van der Waals surface area contributed by atoms with Crippen LogP contribution in [0.25, 0.3) is 11.0 Å². The lowest BCUT2D eigenvalue weighted by atomic mass is 9.83. The molecule has 4 rings (SSSR count). The monoisotopic (exact) mass is 361 g/mol. The van der Waals surface area contributed by atoms with Gasteiger partial charge in [0.15, 0.2) is 0 Å². The van der Waals surface area contributed by atoms with Crippen molar-refractivity contribution >= 4 is 16.9 Å². The molecule has 3 heterocycles. The van der Waals surface area contributed by atoms with Gasteiger partial charge in [-0.25, -0.2) is 4.98 Å². The maximum Gasteiger partial charge on any atom is 0.416 e. The van der Waals surface area contributed by atoms with Crippen LogP contribution < -0.4 is 4.90 Å². The fourth-order valence-corrected chi connectivity index (χ4v) is 3.48. The molecular weight excluding hydrogens is 343 g/mol. The summed E-state index contributed by atoms with van der Waals surface area (Å²) >= 11 is 0. The molecule has 26 heavy (non-hydrogen) atoms. The molecule has 3 aromatic rings. The van der Waals surface area contributed by atoms with Gasteiger partial charge in [-0.2, -0.15) is 13.2 Å². The summed E-state index contributed by atoms with van der Waals surface area (Å²) in [7, 11) is 0. The van der Waals surface area contributed by atoms with Gasteiger partial charge in [0.2, 0.25) is 0 Å². The molecule has 0 atom stereocenters. The van der Waals surface area contributed by atoms with Gasteiger partial charge in [-0.3, -0.25) is 0 Å². The van der Waals surface area contributed by atoms with E-state index in [0.29, 0.717) is 31.5 Å². The van der Waals surface area contributed by atoms with Gasteiger partial charge < -0.3 is 15.0 Å². The molecule has 1 fully saturated rings. The van der Waals surface area contributed by atoms with Crippen molar-refractivity contribution in [2.24, 2.45) is 0 Å². The Morgan fingerprint density at radius 2 is 1.85 bits per heavy atom. The number of benzene rings is 1. The number of aromatic nitrogens is 2. The number of nitrogens with one attached hydrogen (secondary N) is 1. The van der Waals surface area contributed by atoms with E-state index in [1.807, 2.05) is 29.3 Å². The van der Waals surface area contributed by atoms with Gasteiger partial charge in [0.25, 0.3) is 0 Å². The number of H-pyrrole nitrogens is 1. The predicted octanol–water partition coefficient (Wildman–Crippen LogP) is 4.07. The Balaban J connectivity index is 1.53. The Kier molecular flexibility index (Phi) is 3.91. The first-order chi connectivity index (χ1) is 12.4. The molecule has 0 radical (unpaired) electrons. The summed E-state index contributed by atoms with van der Waals surface area (Å²) in [4.78, 5) is 9.68. The molecule has 4 nitrogen and oxygen atoms in total. The molecular formula is C19H18F3N3O. The molecule has 0 bridgehead atoms. The summed E-state index contributed by atoms with van der Waals surface area (Å²) in [6, 6.07) is 10.8. The van der Waals surface area contributed by atoms with E-state index in [4.69, 9.17) is 0 Å². The SMILES string of the molecule is OC1(c2cccc(C(F)(F)F)c2)CCN(c2ccc3cc[nH]c3n2)CC1. The number of anilines is 1. The highest BCUT2D eigenvalue weighted by Gasteiger charge is 2.37. The first-order valence-corrected chi connectivity index (χ1v) is 8.44. The molecule has 0 amide bonds. The van der Waals surface area contributed by atoms with Crippen LogP contribution in [0.1, 0.15) is 24.0 Å². The summed E-state index contributed by atoms with van der Waals surface area (Å²) < 4.78 is 38.8. The van der Waals surface area contributed by atoms with Crippen molar-refractivity contribution in [2.45, 2.75) is 24.6 Å². The third-order valence-corrected chi connectivity index (χ3v) is 5.04. The van der Waals surface area contributed by atoms with E-state index in [2.05, 4.69) is 9.97 Å². The van der Waals surface area contributed by atoms with E-state index in [1.165, 1.54) is 6.07 Å². The Morgan fingerprint density at radius 3 is 2.58 bits per heavy atom. The molecule has 1 aliphatic rings. The lowest BCUT2D eigenvalue weighted by molar-refractivity contribution is -0.137. The second kappa shape index (κ2) is 6.02. The van der Waals surface area contributed by atoms with Crippen molar-refractivity contribution in [1.82, 2.24) is 9.97 Å². The van der Waals surface area contributed by atoms with Crippen molar-refractivity contribution in [3.05, 3.63) is 59.8 Å². The molecule has 136 valence electrons. The molecule has 1 saturated heterocycles. The summed E-state index contributed by atoms with van der Waals surface area (Å²) in [6.45, 7) is 1.04. The number of pyridine rings is 1. The maximum atomic E-state index is 12.9. The van der Waals surface area contributed by atoms with Gasteiger partial charge in [0.05, 0.1) is 11.2 Å². The summed E-state index contributed by atoms with van der Waals surface area (Å²) in [6.07, 6.45) is -1.90. The zero-order chi connectivity index (χ0) is 18.4. The molecule has 0 spiro atoms. The van der Waals surface area contributed by atoms with Gasteiger partial charge in [-0.15, -0.1) is 0 Å². The van der Waals surface area contributed by atoms with Gasteiger partial charge in [-0.05, 0) is 48.7 Å². The van der Waals surface area contributed by atoms with Crippen LogP contribution in [0, 0.1) is 0 Å². The largest absolute Gasteiger partial charge is 0.416 e. The number of hydrogen-bond acceptors (Lipinski definition) is 3. The zero-order valence-corrected chi connectivity index (χ0v) is 13.9. The third-order valence-electron chi connectivity index (χ3n) is 5.04. The molecule has 7 heteroatoms. The van der Waals surface area contributed by atoms with Gasteiger partial charge in [0.1, 0.15) is 11.5 Å². The van der Waals surface area contributed by atoms with Gasteiger partial charge >= 0.3 is 6.18 Å². The molecule has 2 N–H and O–H groups in total. The second-order valence-electron chi connectivity index (χ2n) is 6.68. The van der Waals surface area contributed by atoms with Crippen molar-refractivity contribution in [3.63, 3.8) is 0 Å². The lowest BCUT2D eigenvalue weighted by Crippen LogP contribution is -2.43. The van der Waals surface area contributed by atoms with Crippen molar-refractivity contribution < 1.29 is 18.3 Å². The standard InChI is InChI=1S/C19H18F3N3O/c20-19(21,22)15-3-1-2-14(12-15)18(26)7-10-25(11-8-18)16-5-4-13-6-9-23-17(13)24-16/h1-6,9,12,26H,7-8,10-11H2,(H,23,24). The molecule has 1 aromatic carbocycles. The van der Waals surface area contributed by atoms with Crippen LogP contribution in [0.5, 0.6) is 0 Å². The van der Waals surface area contributed by atoms with E-state index >= 15 is 0 Å². The minimum absolute atomic E-state index is 0.319. The lowest BCUT2D eigenvalue weighted by Gasteiger charge is -2.39. The number of hydrogen-bond donors (Lipinski definition) is 2. The highest BCUT2D eigenvalue weighted by atomic mass is 19.4. The van der Waals surface area contributed by atoms with Gasteiger partial charge in [0, 0.05) is 24.7 Å². The quantitative estimate of drug-likeness (QED) is 0.723. The maximum absolute atomic E-state index is 12.9. The van der Waals surface area contributed by atoms with Crippen molar-refractivity contribution in [1.29, 1.82) is 0 Å². The Hall–Kier alpha value is -2.54. The highest BCUT2D eigenvalue weighted by molar-refractivity contribution is 5.77. The van der Waals surface area contributed by atoms with Crippen LogP contribution >= 0.6 is 0 Å². The number of alkyl halides is 3. The fraction of sp³-hybridized carbons (Fsp3) is 0.316. The number of fused-ring (bicyclic) bond motifs is 1. The average molecular weight is 361 g/mol. The summed E-state index contributed by atoms with van der Waals surface area (Å²) in [5.41, 5.74) is -0.875. The summed E-state index contributed by atoms with van der Waals surface area (Å²) in [5, 5.41) is 11.9. The van der Waals surface area contributed by atoms with Crippen LogP contribution in [0.2, 0.25) is 0 Å². The van der Waals surface area contributed by atoms with Crippen LogP contribution in [-0.4, -0.2) is 28.2 Å². The number of aliphatic hydroxyl groups is 1. The minimum atomic E-state index is -4.41. The normalized spacial score (nSPS) is 17.6. The Labute approximate surface area is 148 Å². The fourth-order valence-electron chi connectivity index (χ4n) is 3.48. The Bertz CT molecular complexity index is 927. The number of piperidine rings is 1. The number of nitrogens with zero attached hydrogens (tertiary/aromatic N) is 2. The molecule has 0 aliphatic carbocycles. The zero-order valence-electron chi connectivity index (χ0n) is 13.9. The van der Waals surface area contributed by atoms with E-state index in [-0.39, 0.29) is 0 Å². The van der Waals surface area contributed by atoms with Crippen LogP contribution in [-0.2, 0) is 11.8 Å². The van der Waals surface area contributed by atoms with Crippen LogP contribution in [0.4, 0.5) is 19.0 Å². The number of aromatic amines is 1. The molecule has 0 unspecified atom stereocenters. The van der Waals surface area contributed by atoms with E-state index in [9.17, 15) is 18.3 Å². The highest BCUT2D eigenvalue weighted by Crippen LogP contribution is 2.37.